The first-order valence-corrected chi connectivity index (χ1v) is 14.0. The highest BCUT2D eigenvalue weighted by Crippen LogP contribution is 2.63. The zero-order chi connectivity index (χ0) is 25.8. The van der Waals surface area contributed by atoms with E-state index in [2.05, 4.69) is 19.2 Å². The number of hydrogen-bond acceptors (Lipinski definition) is 6. The average Bonchev–Trinajstić information content (AvgIpc) is 3.19. The Hall–Kier alpha value is -1.51. The fourth-order valence-electron chi connectivity index (χ4n) is 6.55. The Labute approximate surface area is 213 Å². The van der Waals surface area contributed by atoms with Crippen LogP contribution in [-0.4, -0.2) is 57.7 Å². The van der Waals surface area contributed by atoms with Gasteiger partial charge in [0.05, 0.1) is 18.4 Å². The zero-order valence-electron chi connectivity index (χ0n) is 22.2. The number of amides is 2. The van der Waals surface area contributed by atoms with Gasteiger partial charge >= 0.3 is 0 Å². The summed E-state index contributed by atoms with van der Waals surface area (Å²) in [7, 11) is 0. The number of aromatic nitrogens is 1. The minimum atomic E-state index is -0.647. The fourth-order valence-corrected chi connectivity index (χ4v) is 7.61. The van der Waals surface area contributed by atoms with Gasteiger partial charge in [0.1, 0.15) is 0 Å². The first kappa shape index (κ1) is 26.6. The predicted molar refractivity (Wildman–Crippen MR) is 138 cm³/mol. The van der Waals surface area contributed by atoms with Crippen LogP contribution in [0, 0.1) is 28.1 Å². The van der Waals surface area contributed by atoms with E-state index in [1.54, 1.807) is 0 Å². The highest BCUT2D eigenvalue weighted by Gasteiger charge is 2.59. The standard InChI is InChI=1S/C27H43N3O4S/c1-16-8-11-30(12-9-16)21(33)13-17-22-18(35-24(28-22)29-23(34)25(2,3)4)14-19-26(17,5)10-7-20(32)27(19,6)15-31/h16-17,19-20,31-32H,7-15H2,1-6H3,(H,28,29,34). The van der Waals surface area contributed by atoms with E-state index in [4.69, 9.17) is 4.98 Å². The Morgan fingerprint density at radius 2 is 1.86 bits per heavy atom. The van der Waals surface area contributed by atoms with Crippen molar-refractivity contribution in [1.82, 2.24) is 9.88 Å². The molecule has 4 rings (SSSR count). The number of fused-ring (bicyclic) bond motifs is 2. The Bertz CT molecular complexity index is 964. The molecule has 0 radical (unpaired) electrons. The van der Waals surface area contributed by atoms with Crippen LogP contribution in [0.25, 0.3) is 0 Å². The Kier molecular flexibility index (Phi) is 7.14. The van der Waals surface area contributed by atoms with Gasteiger partial charge in [-0.15, -0.1) is 11.3 Å². The largest absolute Gasteiger partial charge is 0.396 e. The maximum Gasteiger partial charge on any atom is 0.231 e. The quantitative estimate of drug-likeness (QED) is 0.569. The number of piperidine rings is 1. The van der Waals surface area contributed by atoms with Crippen molar-refractivity contribution in [3.05, 3.63) is 10.6 Å². The van der Waals surface area contributed by atoms with Crippen molar-refractivity contribution >= 4 is 28.3 Å². The minimum absolute atomic E-state index is 0.0158. The Morgan fingerprint density at radius 3 is 2.46 bits per heavy atom. The van der Waals surface area contributed by atoms with E-state index in [9.17, 15) is 19.8 Å². The molecule has 1 aromatic rings. The second-order valence-corrected chi connectivity index (χ2v) is 13.9. The molecule has 35 heavy (non-hydrogen) atoms. The predicted octanol–water partition coefficient (Wildman–Crippen LogP) is 4.19. The second kappa shape index (κ2) is 9.42. The molecule has 7 nitrogen and oxygen atoms in total. The molecule has 2 fully saturated rings. The third kappa shape index (κ3) is 4.78. The molecule has 2 heterocycles. The molecule has 2 aliphatic carbocycles. The summed E-state index contributed by atoms with van der Waals surface area (Å²) < 4.78 is 0. The van der Waals surface area contributed by atoms with E-state index in [1.165, 1.54) is 11.3 Å². The molecule has 1 aliphatic heterocycles. The SMILES string of the molecule is CC1CCN(C(=O)CC2c3nc(NC(=O)C(C)(C)C)sc3CC3C(C)(CO)C(O)CCC23C)CC1. The number of nitrogens with one attached hydrogen (secondary N) is 1. The number of rotatable bonds is 4. The summed E-state index contributed by atoms with van der Waals surface area (Å²) in [6.07, 6.45) is 3.94. The molecule has 8 heteroatoms. The minimum Gasteiger partial charge on any atom is -0.396 e. The number of nitrogens with zero attached hydrogens (tertiary/aromatic N) is 2. The van der Waals surface area contributed by atoms with Crippen LogP contribution in [0.2, 0.25) is 0 Å². The third-order valence-corrected chi connectivity index (χ3v) is 10.3. The van der Waals surface area contributed by atoms with Crippen LogP contribution in [0.1, 0.15) is 90.1 Å². The topological polar surface area (TPSA) is 103 Å². The van der Waals surface area contributed by atoms with Crippen LogP contribution in [0.5, 0.6) is 0 Å². The summed E-state index contributed by atoms with van der Waals surface area (Å²) in [5.41, 5.74) is -0.534. The summed E-state index contributed by atoms with van der Waals surface area (Å²) >= 11 is 1.48. The molecule has 1 saturated heterocycles. The third-order valence-electron chi connectivity index (χ3n) is 9.31. The van der Waals surface area contributed by atoms with Gasteiger partial charge in [-0.05, 0) is 49.4 Å². The highest BCUT2D eigenvalue weighted by molar-refractivity contribution is 7.15. The van der Waals surface area contributed by atoms with E-state index in [0.29, 0.717) is 30.3 Å². The molecule has 196 valence electrons. The molecule has 1 aromatic heterocycles. The number of carbonyl (C=O) groups excluding carboxylic acids is 2. The van der Waals surface area contributed by atoms with Gasteiger partial charge < -0.3 is 20.4 Å². The van der Waals surface area contributed by atoms with Crippen LogP contribution >= 0.6 is 11.3 Å². The van der Waals surface area contributed by atoms with Gasteiger partial charge in [-0.25, -0.2) is 4.98 Å². The molecule has 0 bridgehead atoms. The fraction of sp³-hybridized carbons (Fsp3) is 0.815. The molecular formula is C27H43N3O4S. The van der Waals surface area contributed by atoms with Crippen molar-refractivity contribution in [3.63, 3.8) is 0 Å². The van der Waals surface area contributed by atoms with Crippen LogP contribution < -0.4 is 5.32 Å². The first-order chi connectivity index (χ1) is 16.3. The Balaban J connectivity index is 1.70. The lowest BCUT2D eigenvalue weighted by molar-refractivity contribution is -0.147. The van der Waals surface area contributed by atoms with Gasteiger partial charge in [0, 0.05) is 41.1 Å². The first-order valence-electron chi connectivity index (χ1n) is 13.2. The van der Waals surface area contributed by atoms with Crippen LogP contribution in [0.3, 0.4) is 0 Å². The molecule has 3 aliphatic rings. The molecule has 5 atom stereocenters. The van der Waals surface area contributed by atoms with Crippen molar-refractivity contribution < 1.29 is 19.8 Å². The molecule has 3 N–H and O–H groups in total. The van der Waals surface area contributed by atoms with Gasteiger partial charge in [-0.1, -0.05) is 41.5 Å². The van der Waals surface area contributed by atoms with E-state index < -0.39 is 16.9 Å². The van der Waals surface area contributed by atoms with Gasteiger partial charge in [-0.3, -0.25) is 9.59 Å². The smallest absolute Gasteiger partial charge is 0.231 e. The van der Waals surface area contributed by atoms with Crippen molar-refractivity contribution in [2.24, 2.45) is 28.1 Å². The Morgan fingerprint density at radius 1 is 1.20 bits per heavy atom. The number of thiazole rings is 1. The van der Waals surface area contributed by atoms with Crippen molar-refractivity contribution in [3.8, 4) is 0 Å². The lowest BCUT2D eigenvalue weighted by Gasteiger charge is -2.58. The van der Waals surface area contributed by atoms with E-state index >= 15 is 0 Å². The van der Waals surface area contributed by atoms with Crippen LogP contribution in [0.15, 0.2) is 0 Å². The average molecular weight is 506 g/mol. The summed E-state index contributed by atoms with van der Waals surface area (Å²) in [6.45, 7) is 13.6. The summed E-state index contributed by atoms with van der Waals surface area (Å²) in [5.74, 6) is 0.637. The van der Waals surface area contributed by atoms with E-state index in [-0.39, 0.29) is 35.7 Å². The van der Waals surface area contributed by atoms with Crippen molar-refractivity contribution in [2.75, 3.05) is 25.0 Å². The van der Waals surface area contributed by atoms with Gasteiger partial charge in [0.2, 0.25) is 11.8 Å². The molecule has 0 spiro atoms. The molecule has 0 aromatic carbocycles. The lowest BCUT2D eigenvalue weighted by atomic mass is 9.47. The van der Waals surface area contributed by atoms with Gasteiger partial charge in [0.25, 0.3) is 0 Å². The second-order valence-electron chi connectivity index (χ2n) is 12.8. The van der Waals surface area contributed by atoms with Crippen LogP contribution in [-0.2, 0) is 16.0 Å². The van der Waals surface area contributed by atoms with E-state index in [0.717, 1.165) is 42.9 Å². The van der Waals surface area contributed by atoms with Crippen LogP contribution in [0.4, 0.5) is 5.13 Å². The molecular weight excluding hydrogens is 462 g/mol. The van der Waals surface area contributed by atoms with Gasteiger partial charge in [-0.2, -0.15) is 0 Å². The number of anilines is 1. The summed E-state index contributed by atoms with van der Waals surface area (Å²) in [4.78, 5) is 34.2. The highest BCUT2D eigenvalue weighted by atomic mass is 32.1. The number of hydrogen-bond donors (Lipinski definition) is 3. The number of likely N-dealkylation sites (tertiary alicyclic amines) is 1. The zero-order valence-corrected chi connectivity index (χ0v) is 23.0. The maximum atomic E-state index is 13.5. The number of aliphatic hydroxyl groups excluding tert-OH is 2. The maximum absolute atomic E-state index is 13.5. The summed E-state index contributed by atoms with van der Waals surface area (Å²) in [6, 6.07) is 0. The lowest BCUT2D eigenvalue weighted by Crippen LogP contribution is -2.57. The molecule has 2 amide bonds. The number of carbonyl (C=O) groups is 2. The molecule has 5 unspecified atom stereocenters. The monoisotopic (exact) mass is 505 g/mol. The van der Waals surface area contributed by atoms with E-state index in [1.807, 2.05) is 32.6 Å². The van der Waals surface area contributed by atoms with Crippen molar-refractivity contribution in [2.45, 2.75) is 92.1 Å². The number of aliphatic hydroxyl groups is 2. The van der Waals surface area contributed by atoms with Crippen molar-refractivity contribution in [1.29, 1.82) is 0 Å². The summed E-state index contributed by atoms with van der Waals surface area (Å²) in [5, 5.41) is 24.9. The normalized spacial score (nSPS) is 33.7. The van der Waals surface area contributed by atoms with Gasteiger partial charge in [0.15, 0.2) is 5.13 Å². The molecule has 1 saturated carbocycles.